The molecule has 3 rings (SSSR count). The predicted molar refractivity (Wildman–Crippen MR) is 81.4 cm³/mol. The maximum atomic E-state index is 6.22. The summed E-state index contributed by atoms with van der Waals surface area (Å²) < 4.78 is 0. The minimum absolute atomic E-state index is 0.332. The lowest BCUT2D eigenvalue weighted by atomic mass is 9.90. The Kier molecular flexibility index (Phi) is 6.07. The van der Waals surface area contributed by atoms with E-state index in [4.69, 9.17) is 5.73 Å². The van der Waals surface area contributed by atoms with Crippen LogP contribution in [0.25, 0.3) is 0 Å². The van der Waals surface area contributed by atoms with Gasteiger partial charge in [0.1, 0.15) is 0 Å². The van der Waals surface area contributed by atoms with Crippen molar-refractivity contribution in [3.63, 3.8) is 0 Å². The first kappa shape index (κ1) is 15.2. The number of nitrogens with one attached hydrogen (secondary N) is 1. The summed E-state index contributed by atoms with van der Waals surface area (Å²) in [7, 11) is 0. The Balaban J connectivity index is 0.000000637. The summed E-state index contributed by atoms with van der Waals surface area (Å²) in [6.45, 7) is 11.1. The number of hydrogen-bond donors (Lipinski definition) is 2. The van der Waals surface area contributed by atoms with E-state index in [0.29, 0.717) is 12.1 Å². The van der Waals surface area contributed by atoms with E-state index in [9.17, 15) is 0 Å². The molecule has 0 bridgehead atoms. The molecule has 1 aliphatic carbocycles. The molecular weight excluding hydrogens is 236 g/mol. The van der Waals surface area contributed by atoms with Gasteiger partial charge in [-0.2, -0.15) is 0 Å². The van der Waals surface area contributed by atoms with Gasteiger partial charge < -0.3 is 11.1 Å². The molecule has 4 nitrogen and oxygen atoms in total. The molecule has 2 atom stereocenters. The molecule has 2 heterocycles. The summed E-state index contributed by atoms with van der Waals surface area (Å²) >= 11 is 0. The zero-order valence-corrected chi connectivity index (χ0v) is 12.8. The summed E-state index contributed by atoms with van der Waals surface area (Å²) in [4.78, 5) is 5.34. The van der Waals surface area contributed by atoms with E-state index in [1.807, 2.05) is 13.8 Å². The average molecular weight is 268 g/mol. The monoisotopic (exact) mass is 268 g/mol. The third kappa shape index (κ3) is 3.69. The fourth-order valence-electron chi connectivity index (χ4n) is 3.51. The summed E-state index contributed by atoms with van der Waals surface area (Å²) in [5.41, 5.74) is 6.22. The number of hydrogen-bond acceptors (Lipinski definition) is 4. The van der Waals surface area contributed by atoms with Gasteiger partial charge in [0.15, 0.2) is 0 Å². The molecule has 0 amide bonds. The SMILES string of the molecule is CC.NC1CNCCC1N1CCN(C2CCC2)CC1. The Bertz CT molecular complexity index is 247. The van der Waals surface area contributed by atoms with E-state index in [2.05, 4.69) is 15.1 Å². The minimum Gasteiger partial charge on any atom is -0.325 e. The highest BCUT2D eigenvalue weighted by atomic mass is 15.3. The second kappa shape index (κ2) is 7.58. The fraction of sp³-hybridized carbons (Fsp3) is 1.00. The summed E-state index contributed by atoms with van der Waals surface area (Å²) in [5, 5.41) is 3.39. The van der Waals surface area contributed by atoms with Crippen molar-refractivity contribution >= 4 is 0 Å². The number of nitrogens with zero attached hydrogens (tertiary/aromatic N) is 2. The van der Waals surface area contributed by atoms with Gasteiger partial charge in [-0.25, -0.2) is 0 Å². The van der Waals surface area contributed by atoms with Crippen LogP contribution in [0.1, 0.15) is 39.5 Å². The van der Waals surface area contributed by atoms with Crippen molar-refractivity contribution in [1.82, 2.24) is 15.1 Å². The normalized spacial score (nSPS) is 34.3. The van der Waals surface area contributed by atoms with Gasteiger partial charge in [0.25, 0.3) is 0 Å². The van der Waals surface area contributed by atoms with Crippen LogP contribution in [-0.4, -0.2) is 67.2 Å². The van der Waals surface area contributed by atoms with Crippen molar-refractivity contribution in [3.05, 3.63) is 0 Å². The Hall–Kier alpha value is -0.160. The average Bonchev–Trinajstić information content (AvgIpc) is 2.41. The minimum atomic E-state index is 0.332. The van der Waals surface area contributed by atoms with Crippen molar-refractivity contribution in [2.75, 3.05) is 39.3 Å². The van der Waals surface area contributed by atoms with Gasteiger partial charge in [-0.15, -0.1) is 0 Å². The van der Waals surface area contributed by atoms with Gasteiger partial charge in [0, 0.05) is 50.8 Å². The molecule has 3 aliphatic rings. The van der Waals surface area contributed by atoms with Crippen LogP contribution in [0.4, 0.5) is 0 Å². The summed E-state index contributed by atoms with van der Waals surface area (Å²) in [6.07, 6.45) is 5.55. The van der Waals surface area contributed by atoms with E-state index in [1.165, 1.54) is 51.9 Å². The molecule has 0 aromatic heterocycles. The highest BCUT2D eigenvalue weighted by molar-refractivity contribution is 4.92. The van der Waals surface area contributed by atoms with Crippen LogP contribution in [0.2, 0.25) is 0 Å². The summed E-state index contributed by atoms with van der Waals surface area (Å²) in [6, 6.07) is 1.87. The van der Waals surface area contributed by atoms with E-state index in [-0.39, 0.29) is 0 Å². The molecule has 2 unspecified atom stereocenters. The third-order valence-corrected chi connectivity index (χ3v) is 4.90. The largest absolute Gasteiger partial charge is 0.325 e. The lowest BCUT2D eigenvalue weighted by Crippen LogP contribution is -2.61. The topological polar surface area (TPSA) is 44.5 Å². The molecule has 0 radical (unpaired) electrons. The fourth-order valence-corrected chi connectivity index (χ4v) is 3.51. The lowest BCUT2D eigenvalue weighted by molar-refractivity contribution is 0.0311. The van der Waals surface area contributed by atoms with Crippen LogP contribution in [0.3, 0.4) is 0 Å². The van der Waals surface area contributed by atoms with E-state index in [1.54, 1.807) is 0 Å². The number of rotatable bonds is 2. The van der Waals surface area contributed by atoms with Crippen LogP contribution in [-0.2, 0) is 0 Å². The van der Waals surface area contributed by atoms with E-state index < -0.39 is 0 Å². The second-order valence-electron chi connectivity index (χ2n) is 5.88. The Morgan fingerprint density at radius 3 is 2.11 bits per heavy atom. The third-order valence-electron chi connectivity index (χ3n) is 4.90. The van der Waals surface area contributed by atoms with Crippen molar-refractivity contribution in [1.29, 1.82) is 0 Å². The van der Waals surface area contributed by atoms with Crippen molar-refractivity contribution in [2.24, 2.45) is 5.73 Å². The molecule has 19 heavy (non-hydrogen) atoms. The first-order valence-corrected chi connectivity index (χ1v) is 8.29. The molecule has 2 saturated heterocycles. The molecule has 4 heteroatoms. The zero-order valence-electron chi connectivity index (χ0n) is 12.8. The Morgan fingerprint density at radius 1 is 0.947 bits per heavy atom. The van der Waals surface area contributed by atoms with Gasteiger partial charge in [-0.05, 0) is 25.8 Å². The quantitative estimate of drug-likeness (QED) is 0.780. The molecule has 112 valence electrons. The predicted octanol–water partition coefficient (Wildman–Crippen LogP) is 0.872. The first-order valence-electron chi connectivity index (χ1n) is 8.29. The number of nitrogens with two attached hydrogens (primary N) is 1. The summed E-state index contributed by atoms with van der Waals surface area (Å²) in [5.74, 6) is 0. The Morgan fingerprint density at radius 2 is 1.58 bits per heavy atom. The zero-order chi connectivity index (χ0) is 13.7. The number of piperazine rings is 1. The van der Waals surface area contributed by atoms with Crippen LogP contribution in [0, 0.1) is 0 Å². The van der Waals surface area contributed by atoms with Gasteiger partial charge >= 0.3 is 0 Å². The highest BCUT2D eigenvalue weighted by Gasteiger charge is 2.32. The van der Waals surface area contributed by atoms with Crippen molar-refractivity contribution in [3.8, 4) is 0 Å². The van der Waals surface area contributed by atoms with E-state index >= 15 is 0 Å². The molecule has 0 aromatic carbocycles. The molecular formula is C15H32N4. The standard InChI is InChI=1S/C13H26N4.C2H6/c14-12-10-15-5-4-13(12)17-8-6-16(7-9-17)11-2-1-3-11;1-2/h11-13,15H,1-10,14H2;1-2H3. The highest BCUT2D eigenvalue weighted by Crippen LogP contribution is 2.26. The molecule has 3 fully saturated rings. The maximum absolute atomic E-state index is 6.22. The smallest absolute Gasteiger partial charge is 0.0324 e. The van der Waals surface area contributed by atoms with Crippen molar-refractivity contribution in [2.45, 2.75) is 57.7 Å². The molecule has 3 N–H and O–H groups in total. The van der Waals surface area contributed by atoms with Crippen LogP contribution < -0.4 is 11.1 Å². The molecule has 2 aliphatic heterocycles. The molecule has 0 spiro atoms. The van der Waals surface area contributed by atoms with Crippen LogP contribution >= 0.6 is 0 Å². The second-order valence-corrected chi connectivity index (χ2v) is 5.88. The van der Waals surface area contributed by atoms with Gasteiger partial charge in [0.05, 0.1) is 0 Å². The molecule has 0 aromatic rings. The van der Waals surface area contributed by atoms with Gasteiger partial charge in [0.2, 0.25) is 0 Å². The van der Waals surface area contributed by atoms with E-state index in [0.717, 1.165) is 19.1 Å². The first-order chi connectivity index (χ1) is 9.34. The lowest BCUT2D eigenvalue weighted by Gasteiger charge is -2.47. The van der Waals surface area contributed by atoms with Gasteiger partial charge in [-0.1, -0.05) is 20.3 Å². The Labute approximate surface area is 118 Å². The maximum Gasteiger partial charge on any atom is 0.0324 e. The number of piperidine rings is 1. The van der Waals surface area contributed by atoms with Crippen molar-refractivity contribution < 1.29 is 0 Å². The molecule has 1 saturated carbocycles. The van der Waals surface area contributed by atoms with Gasteiger partial charge in [-0.3, -0.25) is 9.80 Å². The van der Waals surface area contributed by atoms with Crippen LogP contribution in [0.15, 0.2) is 0 Å². The van der Waals surface area contributed by atoms with Crippen LogP contribution in [0.5, 0.6) is 0 Å².